The van der Waals surface area contributed by atoms with Gasteiger partial charge in [-0.2, -0.15) is 0 Å². The molecule has 2 saturated heterocycles. The smallest absolute Gasteiger partial charge is 0.253 e. The number of H-pyrrole nitrogens is 1. The highest BCUT2D eigenvalue weighted by Crippen LogP contribution is 2.30. The number of piperazine rings is 1. The van der Waals surface area contributed by atoms with Gasteiger partial charge in [-0.25, -0.2) is 4.68 Å². The van der Waals surface area contributed by atoms with Gasteiger partial charge in [-0.05, 0) is 84.0 Å². The summed E-state index contributed by atoms with van der Waals surface area (Å²) in [6.45, 7) is 8.82. The molecule has 0 saturated carbocycles. The Morgan fingerprint density at radius 2 is 1.84 bits per heavy atom. The lowest BCUT2D eigenvalue weighted by atomic mass is 10.00. The number of tetrazole rings is 1. The van der Waals surface area contributed by atoms with Gasteiger partial charge in [-0.15, -0.1) is 5.10 Å². The normalized spacial score (nSPS) is 19.5. The Balaban J connectivity index is 1.38. The van der Waals surface area contributed by atoms with Crippen molar-refractivity contribution in [3.63, 3.8) is 0 Å². The first-order valence-electron chi connectivity index (χ1n) is 13.1. The summed E-state index contributed by atoms with van der Waals surface area (Å²) in [5.41, 5.74) is 5.00. The highest BCUT2D eigenvalue weighted by atomic mass is 16.5. The number of fused-ring (bicyclic) bond motifs is 1. The summed E-state index contributed by atoms with van der Waals surface area (Å²) in [4.78, 5) is 21.4. The van der Waals surface area contributed by atoms with Crippen LogP contribution in [-0.2, 0) is 11.3 Å². The average molecular weight is 500 g/mol. The minimum absolute atomic E-state index is 0.0957. The van der Waals surface area contributed by atoms with Crippen LogP contribution in [0.3, 0.4) is 0 Å². The summed E-state index contributed by atoms with van der Waals surface area (Å²) in [6.07, 6.45) is 2.14. The Bertz CT molecular complexity index is 1430. The molecule has 2 aromatic heterocycles. The van der Waals surface area contributed by atoms with Crippen molar-refractivity contribution in [1.29, 1.82) is 0 Å². The predicted molar refractivity (Wildman–Crippen MR) is 143 cm³/mol. The van der Waals surface area contributed by atoms with Crippen molar-refractivity contribution in [2.24, 2.45) is 0 Å². The number of hydrogen-bond donors (Lipinski definition) is 1. The van der Waals surface area contributed by atoms with E-state index < -0.39 is 0 Å². The summed E-state index contributed by atoms with van der Waals surface area (Å²) in [5, 5.41) is 13.9. The van der Waals surface area contributed by atoms with Crippen molar-refractivity contribution >= 4 is 16.6 Å². The van der Waals surface area contributed by atoms with Gasteiger partial charge in [-0.1, -0.05) is 18.2 Å². The summed E-state index contributed by atoms with van der Waals surface area (Å²) in [6, 6.07) is 16.3. The molecular formula is C28H33N7O2. The van der Waals surface area contributed by atoms with Crippen LogP contribution in [0.2, 0.25) is 0 Å². The first-order chi connectivity index (χ1) is 18.1. The second kappa shape index (κ2) is 10.1. The van der Waals surface area contributed by atoms with Crippen molar-refractivity contribution in [3.8, 4) is 0 Å². The topological polar surface area (TPSA) is 92.2 Å². The summed E-state index contributed by atoms with van der Waals surface area (Å²) in [5.74, 6) is 0.692. The molecule has 192 valence electrons. The molecule has 2 aliphatic rings. The van der Waals surface area contributed by atoms with E-state index in [0.717, 1.165) is 62.1 Å². The third-order valence-corrected chi connectivity index (χ3v) is 7.79. The molecule has 2 aliphatic heterocycles. The largest absolute Gasteiger partial charge is 0.376 e. The van der Waals surface area contributed by atoms with Crippen LogP contribution in [0.4, 0.5) is 5.69 Å². The summed E-state index contributed by atoms with van der Waals surface area (Å²) >= 11 is 0. The van der Waals surface area contributed by atoms with Gasteiger partial charge in [0.15, 0.2) is 5.82 Å². The van der Waals surface area contributed by atoms with Crippen LogP contribution >= 0.6 is 0 Å². The lowest BCUT2D eigenvalue weighted by molar-refractivity contribution is 0.0906. The molecule has 9 heteroatoms. The van der Waals surface area contributed by atoms with Gasteiger partial charge in [0.1, 0.15) is 6.04 Å². The zero-order valence-corrected chi connectivity index (χ0v) is 21.4. The lowest BCUT2D eigenvalue weighted by Gasteiger charge is -2.39. The Kier molecular flexibility index (Phi) is 6.48. The quantitative estimate of drug-likeness (QED) is 0.435. The van der Waals surface area contributed by atoms with Crippen molar-refractivity contribution in [2.45, 2.75) is 45.4 Å². The average Bonchev–Trinajstić information content (AvgIpc) is 3.60. The van der Waals surface area contributed by atoms with Gasteiger partial charge in [0.25, 0.3) is 5.56 Å². The number of aryl methyl sites for hydroxylation is 2. The van der Waals surface area contributed by atoms with Gasteiger partial charge < -0.3 is 14.6 Å². The van der Waals surface area contributed by atoms with Crippen molar-refractivity contribution in [2.75, 3.05) is 37.7 Å². The molecule has 37 heavy (non-hydrogen) atoms. The maximum atomic E-state index is 13.6. The number of pyridine rings is 1. The molecule has 2 fully saturated rings. The number of nitrogens with zero attached hydrogens (tertiary/aromatic N) is 6. The fourth-order valence-electron chi connectivity index (χ4n) is 5.59. The molecule has 0 amide bonds. The highest BCUT2D eigenvalue weighted by Gasteiger charge is 2.33. The molecule has 4 aromatic rings. The molecule has 2 aromatic carbocycles. The molecule has 2 atom stereocenters. The summed E-state index contributed by atoms with van der Waals surface area (Å²) < 4.78 is 7.72. The van der Waals surface area contributed by atoms with Gasteiger partial charge in [0.05, 0.1) is 12.6 Å². The Morgan fingerprint density at radius 1 is 1.05 bits per heavy atom. The molecule has 0 unspecified atom stereocenters. The second-order valence-electron chi connectivity index (χ2n) is 10.2. The van der Waals surface area contributed by atoms with E-state index in [2.05, 4.69) is 74.5 Å². The lowest BCUT2D eigenvalue weighted by Crippen LogP contribution is -2.49. The molecule has 0 aliphatic carbocycles. The van der Waals surface area contributed by atoms with Gasteiger partial charge in [0, 0.05) is 49.6 Å². The number of hydrogen-bond acceptors (Lipinski definition) is 7. The Hall–Kier alpha value is -3.56. The van der Waals surface area contributed by atoms with Crippen molar-refractivity contribution < 1.29 is 4.74 Å². The van der Waals surface area contributed by atoms with Crippen molar-refractivity contribution in [3.05, 3.63) is 81.4 Å². The second-order valence-corrected chi connectivity index (χ2v) is 10.2. The van der Waals surface area contributed by atoms with Crippen LogP contribution in [-0.4, -0.2) is 69.0 Å². The minimum Gasteiger partial charge on any atom is -0.376 e. The number of rotatable bonds is 6. The van der Waals surface area contributed by atoms with Crippen LogP contribution < -0.4 is 10.5 Å². The molecule has 1 N–H and O–H groups in total. The van der Waals surface area contributed by atoms with Crippen LogP contribution in [0.5, 0.6) is 0 Å². The highest BCUT2D eigenvalue weighted by molar-refractivity contribution is 5.81. The van der Waals surface area contributed by atoms with Crippen LogP contribution in [0, 0.1) is 13.8 Å². The Labute approximate surface area is 216 Å². The zero-order chi connectivity index (χ0) is 25.4. The third-order valence-electron chi connectivity index (χ3n) is 7.79. The number of nitrogens with one attached hydrogen (secondary N) is 1. The van der Waals surface area contributed by atoms with E-state index in [-0.39, 0.29) is 17.7 Å². The van der Waals surface area contributed by atoms with Gasteiger partial charge in [-0.3, -0.25) is 9.69 Å². The minimum atomic E-state index is -0.357. The fourth-order valence-corrected chi connectivity index (χ4v) is 5.59. The first-order valence-corrected chi connectivity index (χ1v) is 13.1. The molecule has 4 heterocycles. The third kappa shape index (κ3) is 4.76. The number of para-hydroxylation sites is 1. The maximum absolute atomic E-state index is 13.6. The molecule has 0 spiro atoms. The van der Waals surface area contributed by atoms with Crippen LogP contribution in [0.25, 0.3) is 10.9 Å². The van der Waals surface area contributed by atoms with Gasteiger partial charge >= 0.3 is 0 Å². The van der Waals surface area contributed by atoms with E-state index in [0.29, 0.717) is 17.9 Å². The maximum Gasteiger partial charge on any atom is 0.253 e. The van der Waals surface area contributed by atoms with E-state index in [9.17, 15) is 4.79 Å². The van der Waals surface area contributed by atoms with E-state index >= 15 is 0 Å². The van der Waals surface area contributed by atoms with Crippen LogP contribution in [0.15, 0.2) is 53.3 Å². The zero-order valence-electron chi connectivity index (χ0n) is 21.4. The fraction of sp³-hybridized carbons (Fsp3) is 0.429. The molecule has 6 rings (SSSR count). The van der Waals surface area contributed by atoms with Gasteiger partial charge in [0.2, 0.25) is 0 Å². The van der Waals surface area contributed by atoms with Crippen LogP contribution in [0.1, 0.15) is 41.4 Å². The van der Waals surface area contributed by atoms with E-state index in [1.165, 1.54) is 11.3 Å². The first kappa shape index (κ1) is 23.8. The number of ether oxygens (including phenoxy) is 1. The number of benzene rings is 2. The number of aromatic amines is 1. The molecule has 9 nitrogen and oxygen atoms in total. The molecule has 0 radical (unpaired) electrons. The van der Waals surface area contributed by atoms with E-state index in [1.807, 2.05) is 22.9 Å². The molecular weight excluding hydrogens is 466 g/mol. The van der Waals surface area contributed by atoms with Crippen molar-refractivity contribution in [1.82, 2.24) is 30.1 Å². The summed E-state index contributed by atoms with van der Waals surface area (Å²) in [7, 11) is 0. The molecule has 0 bridgehead atoms. The number of aromatic nitrogens is 5. The monoisotopic (exact) mass is 499 g/mol. The van der Waals surface area contributed by atoms with E-state index in [1.54, 1.807) is 0 Å². The predicted octanol–water partition coefficient (Wildman–Crippen LogP) is 3.22. The van der Waals surface area contributed by atoms with E-state index in [4.69, 9.17) is 4.74 Å². The Morgan fingerprint density at radius 3 is 2.59 bits per heavy atom. The SMILES string of the molecule is Cc1cc2cc([C@H](c3nnnn3C[C@H]3CCCO3)N3CCN(c4ccccc4)CC3)c(=O)[nH]c2cc1C. The standard InChI is InChI=1S/C28H33N7O2/c1-19-15-21-17-24(28(36)29-25(21)16-20(19)2)26(27-30-31-32-35(27)18-23-9-6-14-37-23)34-12-10-33(11-13-34)22-7-4-3-5-8-22/h3-5,7-8,15-17,23,26H,6,9-14,18H2,1-2H3,(H,29,36)/t23-,26-/m1/s1. The number of anilines is 1.